The van der Waals surface area contributed by atoms with Crippen molar-refractivity contribution in [2.75, 3.05) is 6.54 Å². The number of amides is 2. The maximum Gasteiger partial charge on any atom is 0.342 e. The number of imidazole rings is 1. The summed E-state index contributed by atoms with van der Waals surface area (Å²) >= 11 is 0. The van der Waals surface area contributed by atoms with Crippen molar-refractivity contribution in [3.8, 4) is 0 Å². The molecule has 0 spiro atoms. The monoisotopic (exact) mass is 414 g/mol. The number of aliphatic carboxylic acids is 2. The molecular weight excluding hydrogens is 392 g/mol. The molecule has 0 aliphatic heterocycles. The van der Waals surface area contributed by atoms with Gasteiger partial charge < -0.3 is 36.7 Å². The van der Waals surface area contributed by atoms with Crippen LogP contribution < -0.4 is 16.4 Å². The molecule has 29 heavy (non-hydrogen) atoms. The summed E-state index contributed by atoms with van der Waals surface area (Å²) in [7, 11) is 0. The summed E-state index contributed by atoms with van der Waals surface area (Å²) in [5, 5.41) is 32.9. The third-order valence-corrected chi connectivity index (χ3v) is 3.89. The van der Waals surface area contributed by atoms with E-state index < -0.39 is 47.2 Å². The zero-order valence-corrected chi connectivity index (χ0v) is 15.5. The Morgan fingerprint density at radius 1 is 1.34 bits per heavy atom. The van der Waals surface area contributed by atoms with Crippen molar-refractivity contribution in [2.45, 2.75) is 44.8 Å². The van der Waals surface area contributed by atoms with E-state index in [2.05, 4.69) is 10.3 Å². The van der Waals surface area contributed by atoms with Gasteiger partial charge in [-0.2, -0.15) is 0 Å². The number of hydrogen-bond donors (Lipinski definition) is 5. The van der Waals surface area contributed by atoms with Crippen molar-refractivity contribution in [1.29, 1.82) is 0 Å². The quantitative estimate of drug-likeness (QED) is 0.194. The molecule has 14 heteroatoms. The number of carboxylic acid groups (broad SMARTS) is 2. The summed E-state index contributed by atoms with van der Waals surface area (Å²) in [5.41, 5.74) is 5.67. The number of nitrogens with zero attached hydrogens (tertiary/aromatic N) is 3. The van der Waals surface area contributed by atoms with E-state index in [1.807, 2.05) is 5.32 Å². The summed E-state index contributed by atoms with van der Waals surface area (Å²) < 4.78 is 1.31. The first-order chi connectivity index (χ1) is 13.5. The molecule has 0 aromatic carbocycles. The number of hydrogen-bond acceptors (Lipinski definition) is 8. The van der Waals surface area contributed by atoms with Crippen LogP contribution >= 0.6 is 0 Å². The van der Waals surface area contributed by atoms with E-state index in [0.29, 0.717) is 5.82 Å². The van der Waals surface area contributed by atoms with Crippen LogP contribution in [0, 0.1) is 17.0 Å². The van der Waals surface area contributed by atoms with Gasteiger partial charge in [0.15, 0.2) is 5.82 Å². The summed E-state index contributed by atoms with van der Waals surface area (Å²) in [6, 6.07) is -2.67. The van der Waals surface area contributed by atoms with E-state index in [4.69, 9.17) is 15.9 Å². The molecule has 160 valence electrons. The Morgan fingerprint density at radius 3 is 2.55 bits per heavy atom. The zero-order valence-electron chi connectivity index (χ0n) is 15.5. The number of carbonyl (C=O) groups is 4. The van der Waals surface area contributed by atoms with E-state index in [9.17, 15) is 29.3 Å². The second kappa shape index (κ2) is 10.7. The van der Waals surface area contributed by atoms with Crippen molar-refractivity contribution in [1.82, 2.24) is 20.2 Å². The molecule has 2 amide bonds. The predicted octanol–water partition coefficient (Wildman–Crippen LogP) is -1.63. The largest absolute Gasteiger partial charge is 0.481 e. The van der Waals surface area contributed by atoms with Crippen LogP contribution in [-0.2, 0) is 25.7 Å². The highest BCUT2D eigenvalue weighted by Crippen LogP contribution is 2.12. The minimum atomic E-state index is -1.58. The van der Waals surface area contributed by atoms with Crippen LogP contribution in [0.5, 0.6) is 0 Å². The SMILES string of the molecule is Cc1ncc([N+](=O)[O-])n1CCNC(=O)C(N)CCC(=O)NC(CC(=O)O)C(=O)O. The van der Waals surface area contributed by atoms with Crippen LogP contribution in [0.3, 0.4) is 0 Å². The number of nitrogens with one attached hydrogen (secondary N) is 2. The Hall–Kier alpha value is -3.55. The molecule has 0 aliphatic rings. The summed E-state index contributed by atoms with van der Waals surface area (Å²) in [5.74, 6) is -4.05. The van der Waals surface area contributed by atoms with Gasteiger partial charge in [-0.3, -0.25) is 14.4 Å². The number of carbonyl (C=O) groups excluding carboxylic acids is 2. The fourth-order valence-electron chi connectivity index (χ4n) is 2.36. The molecule has 0 fully saturated rings. The lowest BCUT2D eigenvalue weighted by Gasteiger charge is -2.14. The maximum atomic E-state index is 12.0. The molecule has 1 aromatic rings. The minimum absolute atomic E-state index is 0.0382. The second-order valence-electron chi connectivity index (χ2n) is 6.06. The van der Waals surface area contributed by atoms with Crippen molar-refractivity contribution >= 4 is 29.6 Å². The molecular formula is C15H22N6O8. The Bertz CT molecular complexity index is 792. The van der Waals surface area contributed by atoms with Crippen LogP contribution in [0.15, 0.2) is 6.20 Å². The lowest BCUT2D eigenvalue weighted by atomic mass is 10.1. The molecule has 1 aromatic heterocycles. The Morgan fingerprint density at radius 2 is 2.00 bits per heavy atom. The van der Waals surface area contributed by atoms with Gasteiger partial charge in [0.25, 0.3) is 0 Å². The van der Waals surface area contributed by atoms with Gasteiger partial charge in [0.05, 0.1) is 19.0 Å². The van der Waals surface area contributed by atoms with Crippen LogP contribution in [0.25, 0.3) is 0 Å². The first-order valence-electron chi connectivity index (χ1n) is 8.46. The predicted molar refractivity (Wildman–Crippen MR) is 95.7 cm³/mol. The lowest BCUT2D eigenvalue weighted by Crippen LogP contribution is -2.44. The number of nitro groups is 1. The molecule has 1 rings (SSSR count). The number of rotatable bonds is 12. The molecule has 6 N–H and O–H groups in total. The molecule has 14 nitrogen and oxygen atoms in total. The van der Waals surface area contributed by atoms with Crippen LogP contribution in [0.2, 0.25) is 0 Å². The van der Waals surface area contributed by atoms with Crippen LogP contribution in [0.1, 0.15) is 25.1 Å². The number of carboxylic acids is 2. The Kier molecular flexibility index (Phi) is 8.67. The van der Waals surface area contributed by atoms with Gasteiger partial charge in [0.2, 0.25) is 11.8 Å². The second-order valence-corrected chi connectivity index (χ2v) is 6.06. The van der Waals surface area contributed by atoms with Gasteiger partial charge in [-0.1, -0.05) is 0 Å². The van der Waals surface area contributed by atoms with E-state index in [1.165, 1.54) is 4.57 Å². The average molecular weight is 414 g/mol. The van der Waals surface area contributed by atoms with Crippen molar-refractivity contribution in [3.05, 3.63) is 22.1 Å². The van der Waals surface area contributed by atoms with E-state index >= 15 is 0 Å². The van der Waals surface area contributed by atoms with Gasteiger partial charge in [-0.05, 0) is 11.3 Å². The smallest absolute Gasteiger partial charge is 0.342 e. The Labute approximate surface area is 164 Å². The third-order valence-electron chi connectivity index (χ3n) is 3.89. The fourth-order valence-corrected chi connectivity index (χ4v) is 2.36. The zero-order chi connectivity index (χ0) is 22.1. The highest BCUT2D eigenvalue weighted by molar-refractivity contribution is 5.87. The molecule has 0 saturated heterocycles. The first kappa shape index (κ1) is 23.5. The van der Waals surface area contributed by atoms with Crippen LogP contribution in [-0.4, -0.2) is 67.1 Å². The molecule has 0 saturated carbocycles. The molecule has 0 bridgehead atoms. The third kappa shape index (κ3) is 7.53. The van der Waals surface area contributed by atoms with E-state index in [1.54, 1.807) is 6.92 Å². The van der Waals surface area contributed by atoms with Crippen LogP contribution in [0.4, 0.5) is 5.82 Å². The molecule has 2 atom stereocenters. The van der Waals surface area contributed by atoms with Gasteiger partial charge in [-0.25, -0.2) is 14.3 Å². The summed E-state index contributed by atoms with van der Waals surface area (Å²) in [6.45, 7) is 1.71. The average Bonchev–Trinajstić information content (AvgIpc) is 2.99. The summed E-state index contributed by atoms with van der Waals surface area (Å²) in [4.78, 5) is 59.3. The number of aromatic nitrogens is 2. The summed E-state index contributed by atoms with van der Waals surface area (Å²) in [6.07, 6.45) is -0.0743. The minimum Gasteiger partial charge on any atom is -0.481 e. The molecule has 0 radical (unpaired) electrons. The van der Waals surface area contributed by atoms with Gasteiger partial charge in [0, 0.05) is 13.3 Å². The fraction of sp³-hybridized carbons (Fsp3) is 0.533. The van der Waals surface area contributed by atoms with E-state index in [-0.39, 0.29) is 31.7 Å². The van der Waals surface area contributed by atoms with Gasteiger partial charge in [-0.15, -0.1) is 0 Å². The standard InChI is InChI=1S/C15H22N6O8/c1-8-18-7-12(21(28)29)20(8)5-4-17-14(25)9(16)2-3-11(22)19-10(15(26)27)6-13(23)24/h7,9-10H,2-6,16H2,1H3,(H,17,25)(H,19,22)(H,23,24)(H,26,27). The highest BCUT2D eigenvalue weighted by atomic mass is 16.6. The lowest BCUT2D eigenvalue weighted by molar-refractivity contribution is -0.392. The highest BCUT2D eigenvalue weighted by Gasteiger charge is 2.24. The van der Waals surface area contributed by atoms with Gasteiger partial charge in [0.1, 0.15) is 18.8 Å². The molecule has 2 unspecified atom stereocenters. The number of nitrogens with two attached hydrogens (primary N) is 1. The first-order valence-corrected chi connectivity index (χ1v) is 8.46. The normalized spacial score (nSPS) is 12.6. The number of aryl methyl sites for hydroxylation is 1. The molecule has 0 aliphatic carbocycles. The Balaban J connectivity index is 2.44. The molecule has 1 heterocycles. The van der Waals surface area contributed by atoms with Crippen molar-refractivity contribution < 1.29 is 34.3 Å². The van der Waals surface area contributed by atoms with Gasteiger partial charge >= 0.3 is 17.8 Å². The van der Waals surface area contributed by atoms with E-state index in [0.717, 1.165) is 6.20 Å². The maximum absolute atomic E-state index is 12.0. The van der Waals surface area contributed by atoms with Crippen molar-refractivity contribution in [3.63, 3.8) is 0 Å². The topological polar surface area (TPSA) is 220 Å². The van der Waals surface area contributed by atoms with Crippen molar-refractivity contribution in [2.24, 2.45) is 5.73 Å².